The molecule has 0 saturated carbocycles. The topological polar surface area (TPSA) is 83.9 Å². The Bertz CT molecular complexity index is 904. The zero-order valence-electron chi connectivity index (χ0n) is 13.8. The monoisotopic (exact) mass is 383 g/mol. The summed E-state index contributed by atoms with van der Waals surface area (Å²) in [5.74, 6) is 0.150. The molecule has 1 aromatic carbocycles. The lowest BCUT2D eigenvalue weighted by Gasteiger charge is -2.19. The van der Waals surface area contributed by atoms with Crippen molar-refractivity contribution in [1.29, 1.82) is 0 Å². The first-order valence-electron chi connectivity index (χ1n) is 7.66. The smallest absolute Gasteiger partial charge is 0.257 e. The molecule has 0 aromatic heterocycles. The van der Waals surface area contributed by atoms with E-state index in [0.717, 1.165) is 11.8 Å². The van der Waals surface area contributed by atoms with Gasteiger partial charge in [0, 0.05) is 31.7 Å². The molecule has 1 N–H and O–H groups in total. The number of methoxy groups -OCH3 is 1. The van der Waals surface area contributed by atoms with Crippen LogP contribution in [0.15, 0.2) is 45.5 Å². The van der Waals surface area contributed by atoms with Gasteiger partial charge >= 0.3 is 0 Å². The molecule has 1 atom stereocenters. The first-order chi connectivity index (χ1) is 11.7. The van der Waals surface area contributed by atoms with E-state index in [4.69, 9.17) is 16.3 Å². The summed E-state index contributed by atoms with van der Waals surface area (Å²) in [4.78, 5) is 14.4. The Morgan fingerprint density at radius 3 is 2.76 bits per heavy atom. The molecule has 1 unspecified atom stereocenters. The minimum Gasteiger partial charge on any atom is -0.507 e. The van der Waals surface area contributed by atoms with Crippen LogP contribution in [0.3, 0.4) is 0 Å². The normalized spacial score (nSPS) is 20.4. The van der Waals surface area contributed by atoms with Gasteiger partial charge in [-0.25, -0.2) is 8.42 Å². The van der Waals surface area contributed by atoms with Crippen LogP contribution in [0.2, 0.25) is 0 Å². The van der Waals surface area contributed by atoms with Crippen molar-refractivity contribution in [3.8, 4) is 5.75 Å². The first-order valence-corrected chi connectivity index (χ1v) is 9.93. The molecule has 0 spiro atoms. The van der Waals surface area contributed by atoms with Gasteiger partial charge in [-0.05, 0) is 29.8 Å². The number of phenols is 1. The van der Waals surface area contributed by atoms with Crippen LogP contribution in [-0.4, -0.2) is 50.8 Å². The molecule has 8 heteroatoms. The summed E-state index contributed by atoms with van der Waals surface area (Å²) >= 11 is 6.16. The quantitative estimate of drug-likeness (QED) is 0.865. The second kappa shape index (κ2) is 6.38. The van der Waals surface area contributed by atoms with Gasteiger partial charge in [0.2, 0.25) is 0 Å². The van der Waals surface area contributed by atoms with E-state index >= 15 is 0 Å². The van der Waals surface area contributed by atoms with Crippen LogP contribution in [0, 0.1) is 5.92 Å². The number of hydrogen-bond donors (Lipinski definition) is 1. The van der Waals surface area contributed by atoms with Crippen molar-refractivity contribution in [3.63, 3.8) is 0 Å². The minimum atomic E-state index is -3.47. The number of nitrogens with zero attached hydrogens (tertiary/aromatic N) is 1. The highest BCUT2D eigenvalue weighted by atomic mass is 35.5. The standard InChI is InChI=1S/C17H18ClNO5S/c1-24-16-6-11-9-19(8-10(11)5-14(16)18)17(21)13-7-12(25(2,22)23)3-4-15(13)20/h3-5,7,11,20H,6,8-9H2,1-2H3. The third-order valence-corrected chi connectivity index (χ3v) is 5.94. The Hall–Kier alpha value is -1.99. The molecule has 2 aliphatic rings. The third kappa shape index (κ3) is 3.39. The predicted octanol–water partition coefficient (Wildman–Crippen LogP) is 2.29. The number of allylic oxidation sites excluding steroid dienone is 3. The van der Waals surface area contributed by atoms with Gasteiger partial charge in [-0.2, -0.15) is 0 Å². The fraction of sp³-hybridized carbons (Fsp3) is 0.353. The van der Waals surface area contributed by atoms with Gasteiger partial charge in [-0.15, -0.1) is 0 Å². The Balaban J connectivity index is 1.86. The van der Waals surface area contributed by atoms with Crippen LogP contribution in [0.1, 0.15) is 16.8 Å². The summed E-state index contributed by atoms with van der Waals surface area (Å²) in [7, 11) is -1.91. The van der Waals surface area contributed by atoms with E-state index in [1.807, 2.05) is 6.08 Å². The van der Waals surface area contributed by atoms with Gasteiger partial charge in [0.05, 0.1) is 22.6 Å². The molecular weight excluding hydrogens is 366 g/mol. The average Bonchev–Trinajstić information content (AvgIpc) is 2.95. The predicted molar refractivity (Wildman–Crippen MR) is 93.2 cm³/mol. The van der Waals surface area contributed by atoms with Crippen molar-refractivity contribution in [2.24, 2.45) is 5.92 Å². The molecule has 1 saturated heterocycles. The van der Waals surface area contributed by atoms with Crippen molar-refractivity contribution in [2.45, 2.75) is 11.3 Å². The maximum Gasteiger partial charge on any atom is 0.257 e. The average molecular weight is 384 g/mol. The summed E-state index contributed by atoms with van der Waals surface area (Å²) < 4.78 is 28.7. The molecule has 1 aromatic rings. The van der Waals surface area contributed by atoms with E-state index in [0.29, 0.717) is 30.3 Å². The fourth-order valence-corrected chi connectivity index (χ4v) is 4.09. The third-order valence-electron chi connectivity index (χ3n) is 4.51. The molecule has 6 nitrogen and oxygen atoms in total. The summed E-state index contributed by atoms with van der Waals surface area (Å²) in [6.07, 6.45) is 3.48. The number of halogens is 1. The number of phenolic OH excluding ortho intramolecular Hbond substituents is 1. The molecule has 134 valence electrons. The van der Waals surface area contributed by atoms with Gasteiger partial charge in [0.1, 0.15) is 11.5 Å². The van der Waals surface area contributed by atoms with Crippen LogP contribution in [0.25, 0.3) is 0 Å². The van der Waals surface area contributed by atoms with Crippen LogP contribution in [0.4, 0.5) is 0 Å². The maximum absolute atomic E-state index is 12.8. The van der Waals surface area contributed by atoms with E-state index in [-0.39, 0.29) is 22.1 Å². The molecular formula is C17H18ClNO5S. The number of likely N-dealkylation sites (tertiary alicyclic amines) is 1. The van der Waals surface area contributed by atoms with Crippen LogP contribution >= 0.6 is 11.6 Å². The number of rotatable bonds is 3. The van der Waals surface area contributed by atoms with E-state index in [1.165, 1.54) is 18.2 Å². The minimum absolute atomic E-state index is 0.00383. The van der Waals surface area contributed by atoms with E-state index in [2.05, 4.69) is 0 Å². The second-order valence-corrected chi connectivity index (χ2v) is 8.66. The lowest BCUT2D eigenvalue weighted by molar-refractivity contribution is 0.0784. The molecule has 1 aliphatic heterocycles. The highest BCUT2D eigenvalue weighted by Gasteiger charge is 2.35. The SMILES string of the molecule is COC1=C(Cl)C=C2CN(C(=O)c3cc(S(C)(=O)=O)ccc3O)CC2C1. The zero-order chi connectivity index (χ0) is 18.4. The van der Waals surface area contributed by atoms with Crippen molar-refractivity contribution in [1.82, 2.24) is 4.90 Å². The largest absolute Gasteiger partial charge is 0.507 e. The van der Waals surface area contributed by atoms with Gasteiger partial charge in [0.15, 0.2) is 9.84 Å². The number of aromatic hydroxyl groups is 1. The molecule has 0 radical (unpaired) electrons. The number of ether oxygens (including phenoxy) is 1. The number of benzene rings is 1. The number of sulfone groups is 1. The number of carbonyl (C=O) groups is 1. The lowest BCUT2D eigenvalue weighted by atomic mass is 9.93. The van der Waals surface area contributed by atoms with Gasteiger partial charge < -0.3 is 14.7 Å². The molecule has 0 bridgehead atoms. The van der Waals surface area contributed by atoms with Gasteiger partial charge in [-0.3, -0.25) is 4.79 Å². The summed E-state index contributed by atoms with van der Waals surface area (Å²) in [5, 5.41) is 10.5. The van der Waals surface area contributed by atoms with Crippen molar-refractivity contribution in [2.75, 3.05) is 26.5 Å². The Morgan fingerprint density at radius 1 is 1.40 bits per heavy atom. The van der Waals surface area contributed by atoms with Crippen LogP contribution in [0.5, 0.6) is 5.75 Å². The van der Waals surface area contributed by atoms with Crippen LogP contribution in [-0.2, 0) is 14.6 Å². The lowest BCUT2D eigenvalue weighted by Crippen LogP contribution is -2.29. The Morgan fingerprint density at radius 2 is 2.12 bits per heavy atom. The Kier molecular flexibility index (Phi) is 4.55. The van der Waals surface area contributed by atoms with Crippen molar-refractivity contribution >= 4 is 27.3 Å². The van der Waals surface area contributed by atoms with Gasteiger partial charge in [0.25, 0.3) is 5.91 Å². The maximum atomic E-state index is 12.8. The molecule has 1 heterocycles. The Labute approximate surface area is 151 Å². The highest BCUT2D eigenvalue weighted by molar-refractivity contribution is 7.90. The second-order valence-electron chi connectivity index (χ2n) is 6.23. The molecule has 1 aliphatic carbocycles. The van der Waals surface area contributed by atoms with Gasteiger partial charge in [-0.1, -0.05) is 11.6 Å². The molecule has 1 fully saturated rings. The highest BCUT2D eigenvalue weighted by Crippen LogP contribution is 2.37. The van der Waals surface area contributed by atoms with E-state index in [1.54, 1.807) is 12.0 Å². The number of fused-ring (bicyclic) bond motifs is 1. The number of carbonyl (C=O) groups excluding carboxylic acids is 1. The van der Waals surface area contributed by atoms with E-state index < -0.39 is 15.7 Å². The van der Waals surface area contributed by atoms with Crippen LogP contribution < -0.4 is 0 Å². The number of hydrogen-bond acceptors (Lipinski definition) is 5. The summed E-state index contributed by atoms with van der Waals surface area (Å²) in [6.45, 7) is 0.851. The van der Waals surface area contributed by atoms with E-state index in [9.17, 15) is 18.3 Å². The first kappa shape index (κ1) is 17.8. The summed E-state index contributed by atoms with van der Waals surface area (Å²) in [6, 6.07) is 3.73. The van der Waals surface area contributed by atoms with Crippen molar-refractivity contribution < 1.29 is 23.1 Å². The zero-order valence-corrected chi connectivity index (χ0v) is 15.4. The fourth-order valence-electron chi connectivity index (χ4n) is 3.14. The molecule has 3 rings (SSSR count). The molecule has 25 heavy (non-hydrogen) atoms. The number of amides is 1. The van der Waals surface area contributed by atoms with Crippen molar-refractivity contribution in [3.05, 3.63) is 46.2 Å². The summed E-state index contributed by atoms with van der Waals surface area (Å²) in [5.41, 5.74) is 1.01. The molecule has 1 amide bonds.